The number of methoxy groups -OCH3 is 2. The molecule has 2 heterocycles. The van der Waals surface area contributed by atoms with Gasteiger partial charge in [-0.25, -0.2) is 9.59 Å². The molecule has 2 fully saturated rings. The maximum atomic E-state index is 13.6. The highest BCUT2D eigenvalue weighted by Gasteiger charge is 2.38. The van der Waals surface area contributed by atoms with E-state index in [4.69, 9.17) is 18.9 Å². The van der Waals surface area contributed by atoms with E-state index in [1.165, 1.54) is 31.3 Å². The summed E-state index contributed by atoms with van der Waals surface area (Å²) in [5.41, 5.74) is 4.40. The third-order valence-corrected chi connectivity index (χ3v) is 10.6. The van der Waals surface area contributed by atoms with E-state index < -0.39 is 47.9 Å². The first-order valence-electron chi connectivity index (χ1n) is 19.6. The molecule has 322 valence electrons. The third kappa shape index (κ3) is 10.2. The molecule has 0 radical (unpaired) electrons. The Morgan fingerprint density at radius 2 is 1.13 bits per heavy atom. The monoisotopic (exact) mass is 848 g/mol. The van der Waals surface area contributed by atoms with Crippen molar-refractivity contribution in [2.75, 3.05) is 27.3 Å². The Hall–Kier alpha value is -6.18. The number of carbonyl (C=O) groups is 2. The molecule has 2 amide bonds. The fourth-order valence-corrected chi connectivity index (χ4v) is 7.26. The first kappa shape index (κ1) is 44.4. The molecular formula is C47H46F6N2O6. The molecule has 1 N–H and O–H groups in total. The van der Waals surface area contributed by atoms with E-state index in [1.807, 2.05) is 88.4 Å². The Morgan fingerprint density at radius 1 is 0.639 bits per heavy atom. The molecule has 0 spiro atoms. The summed E-state index contributed by atoms with van der Waals surface area (Å²) in [4.78, 5) is 25.6. The number of benzene rings is 5. The Bertz CT molecular complexity index is 2360. The van der Waals surface area contributed by atoms with Crippen molar-refractivity contribution in [3.05, 3.63) is 142 Å². The lowest BCUT2D eigenvalue weighted by Gasteiger charge is -2.20. The van der Waals surface area contributed by atoms with E-state index in [2.05, 4.69) is 5.32 Å². The zero-order chi connectivity index (χ0) is 44.2. The van der Waals surface area contributed by atoms with E-state index in [-0.39, 0.29) is 24.9 Å². The van der Waals surface area contributed by atoms with Gasteiger partial charge in [0.2, 0.25) is 0 Å². The second-order valence-electron chi connectivity index (χ2n) is 15.3. The first-order chi connectivity index (χ1) is 28.9. The molecule has 8 nitrogen and oxygen atoms in total. The summed E-state index contributed by atoms with van der Waals surface area (Å²) in [5.74, 6) is 1.53. The minimum absolute atomic E-state index is 0.110. The van der Waals surface area contributed by atoms with Gasteiger partial charge in [0.1, 0.15) is 23.7 Å². The van der Waals surface area contributed by atoms with E-state index in [0.717, 1.165) is 41.0 Å². The fourth-order valence-electron chi connectivity index (χ4n) is 7.26. The Kier molecular flexibility index (Phi) is 13.2. The summed E-state index contributed by atoms with van der Waals surface area (Å²) in [6.07, 6.45) is -11.9. The van der Waals surface area contributed by atoms with E-state index >= 15 is 0 Å². The van der Waals surface area contributed by atoms with Gasteiger partial charge in [-0.2, -0.15) is 26.3 Å². The molecule has 7 rings (SSSR count). The minimum atomic E-state index is -4.52. The smallest absolute Gasteiger partial charge is 0.416 e. The molecular weight excluding hydrogens is 803 g/mol. The number of hydrogen-bond donors (Lipinski definition) is 1. The van der Waals surface area contributed by atoms with Crippen molar-refractivity contribution in [3.63, 3.8) is 0 Å². The quantitative estimate of drug-likeness (QED) is 0.141. The van der Waals surface area contributed by atoms with Gasteiger partial charge in [0.05, 0.1) is 38.4 Å². The van der Waals surface area contributed by atoms with Crippen LogP contribution in [0.1, 0.15) is 90.7 Å². The number of hydrogen-bond acceptors (Lipinski definition) is 6. The second kappa shape index (κ2) is 18.2. The van der Waals surface area contributed by atoms with Crippen LogP contribution in [0.5, 0.6) is 11.5 Å². The van der Waals surface area contributed by atoms with Crippen molar-refractivity contribution >= 4 is 12.2 Å². The first-order valence-corrected chi connectivity index (χ1v) is 19.6. The number of carbonyl (C=O) groups excluding carboxylic acids is 2. The van der Waals surface area contributed by atoms with Gasteiger partial charge in [-0.1, -0.05) is 82.3 Å². The van der Waals surface area contributed by atoms with Crippen molar-refractivity contribution in [3.8, 4) is 33.8 Å². The van der Waals surface area contributed by atoms with Crippen LogP contribution in [0.15, 0.2) is 103 Å². The normalized spacial score (nSPS) is 16.5. The lowest BCUT2D eigenvalue weighted by molar-refractivity contribution is -0.138. The number of rotatable bonds is 10. The minimum Gasteiger partial charge on any atom is -0.496 e. The lowest BCUT2D eigenvalue weighted by Crippen LogP contribution is -2.23. The Balaban J connectivity index is 0.000000210. The predicted molar refractivity (Wildman–Crippen MR) is 218 cm³/mol. The van der Waals surface area contributed by atoms with Crippen LogP contribution in [-0.4, -0.2) is 44.4 Å². The van der Waals surface area contributed by atoms with Crippen LogP contribution in [0.25, 0.3) is 22.3 Å². The van der Waals surface area contributed by atoms with E-state index in [0.29, 0.717) is 51.4 Å². The Morgan fingerprint density at radius 3 is 1.56 bits per heavy atom. The molecule has 2 saturated heterocycles. The fraction of sp³-hybridized carbons (Fsp3) is 0.319. The maximum Gasteiger partial charge on any atom is 0.416 e. The SMILES string of the molecule is COc1ccc(C(C)C)cc1-c1ccc(C(F)(F)F)cc1C1CN(Cc2ccccc2)C(=O)O1.COc1ccc(C(C)C)cc1-c1ccc(C(F)(F)F)cc1C1CNC(=O)O1. The Labute approximate surface area is 350 Å². The summed E-state index contributed by atoms with van der Waals surface area (Å²) in [7, 11) is 3.03. The van der Waals surface area contributed by atoms with E-state index in [1.54, 1.807) is 6.07 Å². The largest absolute Gasteiger partial charge is 0.496 e. The van der Waals surface area contributed by atoms with Gasteiger partial charge in [0.15, 0.2) is 0 Å². The zero-order valence-corrected chi connectivity index (χ0v) is 34.4. The topological polar surface area (TPSA) is 86.3 Å². The average Bonchev–Trinajstić information content (AvgIpc) is 3.84. The molecule has 2 aliphatic heterocycles. The number of alkyl halides is 6. The predicted octanol–water partition coefficient (Wildman–Crippen LogP) is 12.5. The molecule has 0 saturated carbocycles. The molecule has 2 atom stereocenters. The highest BCUT2D eigenvalue weighted by Crippen LogP contribution is 2.44. The molecule has 0 aliphatic carbocycles. The highest BCUT2D eigenvalue weighted by molar-refractivity contribution is 5.78. The number of amides is 2. The zero-order valence-electron chi connectivity index (χ0n) is 34.4. The van der Waals surface area contributed by atoms with Crippen LogP contribution >= 0.6 is 0 Å². The number of nitrogens with zero attached hydrogens (tertiary/aromatic N) is 1. The molecule has 5 aromatic carbocycles. The van der Waals surface area contributed by atoms with Crippen molar-refractivity contribution in [1.82, 2.24) is 10.2 Å². The molecule has 14 heteroatoms. The molecule has 0 bridgehead atoms. The van der Waals surface area contributed by atoms with Crippen LogP contribution in [-0.2, 0) is 28.4 Å². The van der Waals surface area contributed by atoms with Crippen LogP contribution in [0, 0.1) is 0 Å². The molecule has 2 unspecified atom stereocenters. The number of ether oxygens (including phenoxy) is 4. The van der Waals surface area contributed by atoms with Crippen LogP contribution in [0.2, 0.25) is 0 Å². The molecule has 0 aromatic heterocycles. The van der Waals surface area contributed by atoms with Crippen LogP contribution in [0.3, 0.4) is 0 Å². The van der Waals surface area contributed by atoms with Gasteiger partial charge in [-0.05, 0) is 88.2 Å². The van der Waals surface area contributed by atoms with Gasteiger partial charge in [0.25, 0.3) is 0 Å². The van der Waals surface area contributed by atoms with Gasteiger partial charge >= 0.3 is 24.5 Å². The lowest BCUT2D eigenvalue weighted by atomic mass is 9.90. The van der Waals surface area contributed by atoms with Gasteiger partial charge in [-0.15, -0.1) is 0 Å². The molecule has 5 aromatic rings. The number of nitrogens with one attached hydrogen (secondary N) is 1. The maximum absolute atomic E-state index is 13.6. The third-order valence-electron chi connectivity index (χ3n) is 10.6. The number of cyclic esters (lactones) is 2. The van der Waals surface area contributed by atoms with Gasteiger partial charge in [0, 0.05) is 28.8 Å². The number of alkyl carbamates (subject to hydrolysis) is 1. The standard InChI is InChI=1S/C27H26F3NO3.C20H20F3NO3/c1-17(2)19-9-12-24(33-3)22(13-19)21-11-10-20(27(28,29)30)14-23(21)25-16-31(26(32)34-25)15-18-7-5-4-6-8-18;1-11(2)12-4-7-17(26-3)15(8-12)14-6-5-13(20(21,22)23)9-16(14)18-10-24-19(25)27-18/h4-14,17,25H,15-16H2,1-3H3;4-9,11,18H,10H2,1-3H3,(H,24,25). The van der Waals surface area contributed by atoms with Gasteiger partial charge < -0.3 is 24.3 Å². The second-order valence-corrected chi connectivity index (χ2v) is 15.3. The summed E-state index contributed by atoms with van der Waals surface area (Å²) < 4.78 is 102. The van der Waals surface area contributed by atoms with Crippen molar-refractivity contribution < 1.29 is 54.9 Å². The molecule has 2 aliphatic rings. The van der Waals surface area contributed by atoms with Crippen molar-refractivity contribution in [2.24, 2.45) is 0 Å². The highest BCUT2D eigenvalue weighted by atomic mass is 19.4. The summed E-state index contributed by atoms with van der Waals surface area (Å²) in [6.45, 7) is 8.72. The average molecular weight is 849 g/mol. The summed E-state index contributed by atoms with van der Waals surface area (Å²) >= 11 is 0. The van der Waals surface area contributed by atoms with E-state index in [9.17, 15) is 35.9 Å². The van der Waals surface area contributed by atoms with Gasteiger partial charge in [-0.3, -0.25) is 4.90 Å². The summed E-state index contributed by atoms with van der Waals surface area (Å²) in [5, 5.41) is 2.49. The molecule has 61 heavy (non-hydrogen) atoms. The van der Waals surface area contributed by atoms with Crippen molar-refractivity contribution in [1.29, 1.82) is 0 Å². The van der Waals surface area contributed by atoms with Crippen molar-refractivity contribution in [2.45, 2.75) is 70.6 Å². The summed E-state index contributed by atoms with van der Waals surface area (Å²) in [6, 6.07) is 27.8. The number of halogens is 6. The van der Waals surface area contributed by atoms with Crippen LogP contribution < -0.4 is 14.8 Å². The van der Waals surface area contributed by atoms with Crippen LogP contribution in [0.4, 0.5) is 35.9 Å².